The van der Waals surface area contributed by atoms with Crippen LogP contribution in [0.2, 0.25) is 0 Å². The van der Waals surface area contributed by atoms with Gasteiger partial charge in [0.15, 0.2) is 0 Å². The summed E-state index contributed by atoms with van der Waals surface area (Å²) in [4.78, 5) is 4.49. The zero-order valence-corrected chi connectivity index (χ0v) is 6.19. The van der Waals surface area contributed by atoms with Gasteiger partial charge >= 0.3 is 0 Å². The van der Waals surface area contributed by atoms with Crippen LogP contribution in [0.5, 0.6) is 0 Å². The minimum absolute atomic E-state index is 0.725. The second-order valence-electron chi connectivity index (χ2n) is 2.08. The highest BCUT2D eigenvalue weighted by Crippen LogP contribution is 2.10. The van der Waals surface area contributed by atoms with E-state index in [1.807, 2.05) is 20.8 Å². The van der Waals surface area contributed by atoms with E-state index in [0.29, 0.717) is 0 Å². The first kappa shape index (κ1) is 8.24. The predicted molar refractivity (Wildman–Crippen MR) is 38.5 cm³/mol. The molecule has 0 unspecified atom stereocenters. The lowest BCUT2D eigenvalue weighted by Gasteiger charge is -2.03. The number of allylic oxidation sites excluding steroid dienone is 3. The molecular formula is C7H13NO. The van der Waals surface area contributed by atoms with Crippen LogP contribution in [0.1, 0.15) is 20.8 Å². The largest absolute Gasteiger partial charge is 0.416 e. The Bertz CT molecular complexity index is 147. The molecule has 0 aliphatic heterocycles. The second-order valence-corrected chi connectivity index (χ2v) is 2.08. The van der Waals surface area contributed by atoms with Crippen molar-refractivity contribution in [2.75, 3.05) is 0 Å². The molecule has 0 aromatic rings. The third-order valence-corrected chi connectivity index (χ3v) is 1.35. The Labute approximate surface area is 56.0 Å². The lowest BCUT2D eigenvalue weighted by Crippen LogP contribution is -1.98. The summed E-state index contributed by atoms with van der Waals surface area (Å²) >= 11 is 0. The van der Waals surface area contributed by atoms with Gasteiger partial charge in [0.1, 0.15) is 5.76 Å². The van der Waals surface area contributed by atoms with Gasteiger partial charge in [0.25, 0.3) is 0 Å². The van der Waals surface area contributed by atoms with Crippen LogP contribution in [0.3, 0.4) is 0 Å². The summed E-state index contributed by atoms with van der Waals surface area (Å²) in [7, 11) is 0. The van der Waals surface area contributed by atoms with Crippen LogP contribution in [-0.4, -0.2) is 0 Å². The van der Waals surface area contributed by atoms with Gasteiger partial charge in [-0.15, -0.1) is 0 Å². The molecule has 52 valence electrons. The maximum atomic E-state index is 4.91. The monoisotopic (exact) mass is 127 g/mol. The van der Waals surface area contributed by atoms with Crippen LogP contribution < -0.4 is 5.90 Å². The van der Waals surface area contributed by atoms with Crippen LogP contribution in [0.15, 0.2) is 23.5 Å². The number of hydrogen-bond donors (Lipinski definition) is 1. The summed E-state index contributed by atoms with van der Waals surface area (Å²) < 4.78 is 0. The van der Waals surface area contributed by atoms with E-state index in [1.165, 1.54) is 0 Å². The highest BCUT2D eigenvalue weighted by Gasteiger charge is 1.95. The number of hydrogen-bond acceptors (Lipinski definition) is 2. The van der Waals surface area contributed by atoms with Crippen LogP contribution in [0.4, 0.5) is 0 Å². The lowest BCUT2D eigenvalue weighted by atomic mass is 10.1. The topological polar surface area (TPSA) is 35.2 Å². The van der Waals surface area contributed by atoms with Crippen LogP contribution in [-0.2, 0) is 4.84 Å². The van der Waals surface area contributed by atoms with E-state index in [0.717, 1.165) is 16.9 Å². The maximum absolute atomic E-state index is 4.91. The summed E-state index contributed by atoms with van der Waals surface area (Å²) in [5.74, 6) is 5.64. The highest BCUT2D eigenvalue weighted by atomic mass is 16.6. The van der Waals surface area contributed by atoms with Crippen molar-refractivity contribution in [2.45, 2.75) is 20.8 Å². The zero-order valence-electron chi connectivity index (χ0n) is 6.19. The molecule has 0 spiro atoms. The summed E-state index contributed by atoms with van der Waals surface area (Å²) in [6.45, 7) is 9.38. The van der Waals surface area contributed by atoms with Gasteiger partial charge in [-0.2, -0.15) is 5.90 Å². The Kier molecular flexibility index (Phi) is 3.02. The molecular weight excluding hydrogens is 114 g/mol. The van der Waals surface area contributed by atoms with E-state index in [4.69, 9.17) is 5.90 Å². The molecule has 9 heavy (non-hydrogen) atoms. The van der Waals surface area contributed by atoms with Gasteiger partial charge in [0, 0.05) is 0 Å². The Morgan fingerprint density at radius 3 is 1.89 bits per heavy atom. The molecule has 0 amide bonds. The quantitative estimate of drug-likeness (QED) is 0.348. The van der Waals surface area contributed by atoms with Crippen molar-refractivity contribution in [1.82, 2.24) is 0 Å². The van der Waals surface area contributed by atoms with Crippen LogP contribution in [0, 0.1) is 0 Å². The SMILES string of the molecule is C=C(C)/C(C)=C(/C)ON. The number of rotatable bonds is 2. The molecule has 0 rings (SSSR count). The van der Waals surface area contributed by atoms with Crippen molar-refractivity contribution < 1.29 is 4.84 Å². The van der Waals surface area contributed by atoms with Gasteiger partial charge in [-0.05, 0) is 26.3 Å². The van der Waals surface area contributed by atoms with E-state index >= 15 is 0 Å². The fourth-order valence-electron chi connectivity index (χ4n) is 0.389. The van der Waals surface area contributed by atoms with E-state index in [-0.39, 0.29) is 0 Å². The molecule has 0 aliphatic carbocycles. The molecule has 0 atom stereocenters. The zero-order chi connectivity index (χ0) is 7.44. The van der Waals surface area contributed by atoms with E-state index < -0.39 is 0 Å². The van der Waals surface area contributed by atoms with Gasteiger partial charge in [0.05, 0.1) is 0 Å². The van der Waals surface area contributed by atoms with Gasteiger partial charge in [-0.3, -0.25) is 0 Å². The molecule has 0 radical (unpaired) electrons. The van der Waals surface area contributed by atoms with Gasteiger partial charge in [-0.1, -0.05) is 12.2 Å². The average molecular weight is 127 g/mol. The van der Waals surface area contributed by atoms with Gasteiger partial charge in [-0.25, -0.2) is 0 Å². The predicted octanol–water partition coefficient (Wildman–Crippen LogP) is 1.75. The molecule has 2 N–H and O–H groups in total. The Morgan fingerprint density at radius 2 is 1.78 bits per heavy atom. The van der Waals surface area contributed by atoms with Crippen molar-refractivity contribution in [3.05, 3.63) is 23.5 Å². The first-order valence-corrected chi connectivity index (χ1v) is 2.79. The summed E-state index contributed by atoms with van der Waals surface area (Å²) in [6.07, 6.45) is 0. The molecule has 0 saturated heterocycles. The Balaban J connectivity index is 4.28. The van der Waals surface area contributed by atoms with E-state index in [9.17, 15) is 0 Å². The van der Waals surface area contributed by atoms with Crippen molar-refractivity contribution >= 4 is 0 Å². The molecule has 0 aromatic carbocycles. The van der Waals surface area contributed by atoms with Gasteiger partial charge in [0.2, 0.25) is 0 Å². The summed E-state index contributed by atoms with van der Waals surface area (Å²) in [6, 6.07) is 0. The molecule has 0 aliphatic rings. The fraction of sp³-hybridized carbons (Fsp3) is 0.429. The average Bonchev–Trinajstić information content (AvgIpc) is 1.84. The first-order chi connectivity index (χ1) is 4.09. The van der Waals surface area contributed by atoms with Crippen molar-refractivity contribution in [3.63, 3.8) is 0 Å². The molecule has 0 saturated carbocycles. The minimum Gasteiger partial charge on any atom is -0.416 e. The molecule has 2 nitrogen and oxygen atoms in total. The molecule has 0 fully saturated rings. The molecule has 2 heteroatoms. The lowest BCUT2D eigenvalue weighted by molar-refractivity contribution is 0.219. The van der Waals surface area contributed by atoms with Crippen LogP contribution >= 0.6 is 0 Å². The maximum Gasteiger partial charge on any atom is 0.123 e. The van der Waals surface area contributed by atoms with E-state index in [2.05, 4.69) is 11.4 Å². The second kappa shape index (κ2) is 3.30. The number of nitrogens with two attached hydrogens (primary N) is 1. The fourth-order valence-corrected chi connectivity index (χ4v) is 0.389. The third-order valence-electron chi connectivity index (χ3n) is 1.35. The molecule has 0 bridgehead atoms. The smallest absolute Gasteiger partial charge is 0.123 e. The van der Waals surface area contributed by atoms with Crippen molar-refractivity contribution in [1.29, 1.82) is 0 Å². The normalized spacial score (nSPS) is 12.4. The minimum atomic E-state index is 0.725. The van der Waals surface area contributed by atoms with Crippen molar-refractivity contribution in [3.8, 4) is 0 Å². The molecule has 0 heterocycles. The molecule has 0 aromatic heterocycles. The third kappa shape index (κ3) is 2.33. The van der Waals surface area contributed by atoms with Crippen LogP contribution in [0.25, 0.3) is 0 Å². The standard InChI is InChI=1S/C7H13NO/c1-5(2)6(3)7(4)9-8/h1,8H2,2-4H3/b7-6-. The Morgan fingerprint density at radius 1 is 1.33 bits per heavy atom. The first-order valence-electron chi connectivity index (χ1n) is 2.79. The van der Waals surface area contributed by atoms with E-state index in [1.54, 1.807) is 0 Å². The highest BCUT2D eigenvalue weighted by molar-refractivity contribution is 5.25. The van der Waals surface area contributed by atoms with Gasteiger partial charge < -0.3 is 4.84 Å². The summed E-state index contributed by atoms with van der Waals surface area (Å²) in [5.41, 5.74) is 2.00. The Hall–Kier alpha value is -0.760. The van der Waals surface area contributed by atoms with Crippen molar-refractivity contribution in [2.24, 2.45) is 5.90 Å². The summed E-state index contributed by atoms with van der Waals surface area (Å²) in [5, 5.41) is 0.